The summed E-state index contributed by atoms with van der Waals surface area (Å²) in [7, 11) is 1.60. The molecular formula is C15H16Cl2N2O. The Bertz CT molecular complexity index is 602. The molecule has 0 saturated carbocycles. The average Bonchev–Trinajstić information content (AvgIpc) is 2.43. The Kier molecular flexibility index (Phi) is 4.99. The predicted molar refractivity (Wildman–Crippen MR) is 86.1 cm³/mol. The molecule has 3 N–H and O–H groups in total. The van der Waals surface area contributed by atoms with E-state index in [1.54, 1.807) is 13.2 Å². The van der Waals surface area contributed by atoms with E-state index < -0.39 is 0 Å². The maximum Gasteiger partial charge on any atom is 0.143 e. The minimum atomic E-state index is 0.609. The molecule has 0 spiro atoms. The van der Waals surface area contributed by atoms with Crippen LogP contribution in [0.3, 0.4) is 0 Å². The molecule has 2 rings (SSSR count). The number of methoxy groups -OCH3 is 1. The molecule has 0 unspecified atom stereocenters. The molecule has 0 aromatic heterocycles. The van der Waals surface area contributed by atoms with Gasteiger partial charge in [0.1, 0.15) is 5.75 Å². The van der Waals surface area contributed by atoms with E-state index in [0.717, 1.165) is 24.2 Å². The number of nitrogens with one attached hydrogen (secondary N) is 1. The van der Waals surface area contributed by atoms with Crippen LogP contribution in [0.15, 0.2) is 36.4 Å². The van der Waals surface area contributed by atoms with Gasteiger partial charge in [-0.25, -0.2) is 0 Å². The lowest BCUT2D eigenvalue weighted by Gasteiger charge is -2.12. The zero-order valence-electron chi connectivity index (χ0n) is 11.1. The van der Waals surface area contributed by atoms with Crippen LogP contribution in [-0.4, -0.2) is 13.7 Å². The Morgan fingerprint density at radius 2 is 2.00 bits per heavy atom. The monoisotopic (exact) mass is 310 g/mol. The van der Waals surface area contributed by atoms with Crippen LogP contribution < -0.4 is 15.8 Å². The Labute approximate surface area is 128 Å². The minimum absolute atomic E-state index is 0.609. The summed E-state index contributed by atoms with van der Waals surface area (Å²) in [6, 6.07) is 11.2. The second-order valence-corrected chi connectivity index (χ2v) is 5.18. The molecule has 3 nitrogen and oxygen atoms in total. The van der Waals surface area contributed by atoms with Crippen LogP contribution in [0.4, 0.5) is 11.4 Å². The number of halogens is 2. The predicted octanol–water partition coefficient (Wildman–Crippen LogP) is 4.24. The van der Waals surface area contributed by atoms with E-state index in [-0.39, 0.29) is 0 Å². The van der Waals surface area contributed by atoms with Gasteiger partial charge in [0.2, 0.25) is 0 Å². The van der Waals surface area contributed by atoms with Gasteiger partial charge in [0.05, 0.1) is 18.5 Å². The quantitative estimate of drug-likeness (QED) is 0.812. The molecule has 0 saturated heterocycles. The number of para-hydroxylation sites is 1. The standard InChI is InChI=1S/C15H16Cl2N2O/c1-20-14-4-2-3-13(15(14)18)19-8-7-10-5-6-11(16)9-12(10)17/h2-6,9,19H,7-8,18H2,1H3. The fourth-order valence-electron chi connectivity index (χ4n) is 1.93. The number of nitrogens with two attached hydrogens (primary N) is 1. The SMILES string of the molecule is COc1cccc(NCCc2ccc(Cl)cc2Cl)c1N. The fraction of sp³-hybridized carbons (Fsp3) is 0.200. The van der Waals surface area contributed by atoms with Crippen LogP contribution in [0, 0.1) is 0 Å². The first-order chi connectivity index (χ1) is 9.61. The van der Waals surface area contributed by atoms with Crippen molar-refractivity contribution in [3.63, 3.8) is 0 Å². The molecule has 0 atom stereocenters. The highest BCUT2D eigenvalue weighted by Crippen LogP contribution is 2.29. The molecule has 0 aliphatic carbocycles. The molecule has 5 heteroatoms. The van der Waals surface area contributed by atoms with E-state index >= 15 is 0 Å². The average molecular weight is 311 g/mol. The number of ether oxygens (including phenoxy) is 1. The molecule has 0 aliphatic heterocycles. The van der Waals surface area contributed by atoms with Gasteiger partial charge in [-0.05, 0) is 36.2 Å². The van der Waals surface area contributed by atoms with Gasteiger partial charge in [-0.3, -0.25) is 0 Å². The summed E-state index contributed by atoms with van der Waals surface area (Å²) in [4.78, 5) is 0. The third-order valence-corrected chi connectivity index (χ3v) is 3.60. The van der Waals surface area contributed by atoms with Gasteiger partial charge in [0.15, 0.2) is 0 Å². The van der Waals surface area contributed by atoms with Gasteiger partial charge in [-0.15, -0.1) is 0 Å². The normalized spacial score (nSPS) is 10.3. The number of hydrogen-bond donors (Lipinski definition) is 2. The Balaban J connectivity index is 1.99. The van der Waals surface area contributed by atoms with Crippen LogP contribution in [0.5, 0.6) is 5.75 Å². The number of anilines is 2. The van der Waals surface area contributed by atoms with E-state index in [2.05, 4.69) is 5.32 Å². The van der Waals surface area contributed by atoms with Crippen molar-refractivity contribution in [1.29, 1.82) is 0 Å². The highest BCUT2D eigenvalue weighted by molar-refractivity contribution is 6.35. The highest BCUT2D eigenvalue weighted by atomic mass is 35.5. The maximum absolute atomic E-state index is 6.13. The number of benzene rings is 2. The zero-order valence-corrected chi connectivity index (χ0v) is 12.6. The molecule has 0 amide bonds. The summed E-state index contributed by atoms with van der Waals surface area (Å²) in [6.07, 6.45) is 0.784. The molecule has 0 fully saturated rings. The first kappa shape index (κ1) is 14.8. The van der Waals surface area contributed by atoms with Gasteiger partial charge < -0.3 is 15.8 Å². The first-order valence-electron chi connectivity index (χ1n) is 6.22. The van der Waals surface area contributed by atoms with E-state index in [1.165, 1.54) is 0 Å². The Morgan fingerprint density at radius 1 is 1.20 bits per heavy atom. The third-order valence-electron chi connectivity index (χ3n) is 3.01. The number of hydrogen-bond acceptors (Lipinski definition) is 3. The smallest absolute Gasteiger partial charge is 0.143 e. The second kappa shape index (κ2) is 6.73. The summed E-state index contributed by atoms with van der Waals surface area (Å²) in [5.41, 5.74) is 8.50. The van der Waals surface area contributed by atoms with Crippen LogP contribution >= 0.6 is 23.2 Å². The van der Waals surface area contributed by atoms with Crippen molar-refractivity contribution in [3.05, 3.63) is 52.0 Å². The van der Waals surface area contributed by atoms with Crippen molar-refractivity contribution < 1.29 is 4.74 Å². The lowest BCUT2D eigenvalue weighted by molar-refractivity contribution is 0.417. The van der Waals surface area contributed by atoms with E-state index in [9.17, 15) is 0 Å². The third kappa shape index (κ3) is 3.50. The van der Waals surface area contributed by atoms with Crippen LogP contribution in [0.2, 0.25) is 10.0 Å². The van der Waals surface area contributed by atoms with Gasteiger partial charge in [-0.1, -0.05) is 35.3 Å². The van der Waals surface area contributed by atoms with Crippen molar-refractivity contribution in [2.24, 2.45) is 0 Å². The minimum Gasteiger partial charge on any atom is -0.495 e. The first-order valence-corrected chi connectivity index (χ1v) is 6.97. The van der Waals surface area contributed by atoms with Crippen molar-refractivity contribution in [2.45, 2.75) is 6.42 Å². The van der Waals surface area contributed by atoms with Crippen molar-refractivity contribution in [2.75, 3.05) is 24.7 Å². The Hall–Kier alpha value is -1.58. The van der Waals surface area contributed by atoms with Crippen LogP contribution in [0.1, 0.15) is 5.56 Å². The fourth-order valence-corrected chi connectivity index (χ4v) is 2.44. The summed E-state index contributed by atoms with van der Waals surface area (Å²) < 4.78 is 5.18. The number of nitrogen functional groups attached to an aromatic ring is 1. The molecule has 2 aromatic rings. The van der Waals surface area contributed by atoms with Crippen molar-refractivity contribution >= 4 is 34.6 Å². The number of rotatable bonds is 5. The van der Waals surface area contributed by atoms with E-state index in [1.807, 2.05) is 30.3 Å². The van der Waals surface area contributed by atoms with Crippen molar-refractivity contribution in [1.82, 2.24) is 0 Å². The largest absolute Gasteiger partial charge is 0.495 e. The second-order valence-electron chi connectivity index (χ2n) is 4.33. The molecule has 0 aliphatic rings. The molecule has 20 heavy (non-hydrogen) atoms. The lowest BCUT2D eigenvalue weighted by atomic mass is 10.1. The molecular weight excluding hydrogens is 295 g/mol. The summed E-state index contributed by atoms with van der Waals surface area (Å²) in [5.74, 6) is 0.666. The van der Waals surface area contributed by atoms with Crippen molar-refractivity contribution in [3.8, 4) is 5.75 Å². The topological polar surface area (TPSA) is 47.3 Å². The molecule has 2 aromatic carbocycles. The van der Waals surface area contributed by atoms with Gasteiger partial charge in [0.25, 0.3) is 0 Å². The van der Waals surface area contributed by atoms with Gasteiger partial charge in [0, 0.05) is 16.6 Å². The van der Waals surface area contributed by atoms with Crippen LogP contribution in [0.25, 0.3) is 0 Å². The molecule has 0 bridgehead atoms. The van der Waals surface area contributed by atoms with Gasteiger partial charge in [-0.2, -0.15) is 0 Å². The highest BCUT2D eigenvalue weighted by Gasteiger charge is 2.05. The molecule has 0 heterocycles. The summed E-state index contributed by atoms with van der Waals surface area (Å²) in [6.45, 7) is 0.721. The maximum atomic E-state index is 6.13. The molecule has 106 valence electrons. The summed E-state index contributed by atoms with van der Waals surface area (Å²) in [5, 5.41) is 4.60. The zero-order chi connectivity index (χ0) is 14.5. The Morgan fingerprint density at radius 3 is 2.70 bits per heavy atom. The van der Waals surface area contributed by atoms with E-state index in [0.29, 0.717) is 21.5 Å². The van der Waals surface area contributed by atoms with E-state index in [4.69, 9.17) is 33.7 Å². The summed E-state index contributed by atoms with van der Waals surface area (Å²) >= 11 is 12.0. The lowest BCUT2D eigenvalue weighted by Crippen LogP contribution is -2.07. The van der Waals surface area contributed by atoms with Gasteiger partial charge >= 0.3 is 0 Å². The molecule has 0 radical (unpaired) electrons. The van der Waals surface area contributed by atoms with Crippen LogP contribution in [-0.2, 0) is 6.42 Å².